The maximum absolute atomic E-state index is 6.25. The molecule has 1 aromatic heterocycles. The average Bonchev–Trinajstić information content (AvgIpc) is 2.73. The molecule has 1 heterocycles. The first-order valence-corrected chi connectivity index (χ1v) is 6.92. The van der Waals surface area contributed by atoms with Crippen LogP contribution in [0.1, 0.15) is 38.3 Å². The summed E-state index contributed by atoms with van der Waals surface area (Å²) < 4.78 is 0. The predicted molar refractivity (Wildman–Crippen MR) is 71.5 cm³/mol. The lowest BCUT2D eigenvalue weighted by molar-refractivity contribution is 0.585. The Labute approximate surface area is 108 Å². The smallest absolute Gasteiger partial charge is 0.129 e. The van der Waals surface area contributed by atoms with Gasteiger partial charge in [-0.05, 0) is 25.2 Å². The molecule has 1 aliphatic carbocycles. The van der Waals surface area contributed by atoms with Crippen molar-refractivity contribution < 1.29 is 0 Å². The minimum atomic E-state index is 0.333. The Morgan fingerprint density at radius 3 is 3.00 bits per heavy atom. The van der Waals surface area contributed by atoms with Gasteiger partial charge in [0.05, 0.1) is 0 Å². The molecule has 1 aromatic rings. The van der Waals surface area contributed by atoms with Crippen LogP contribution < -0.4 is 5.32 Å². The van der Waals surface area contributed by atoms with Gasteiger partial charge in [0.25, 0.3) is 0 Å². The molecular formula is C13H20ClN3. The molecule has 0 spiro atoms. The fraction of sp³-hybridized carbons (Fsp3) is 0.692. The van der Waals surface area contributed by atoms with Crippen molar-refractivity contribution in [2.45, 2.75) is 44.4 Å². The molecule has 0 aliphatic heterocycles. The summed E-state index contributed by atoms with van der Waals surface area (Å²) in [4.78, 5) is 8.49. The van der Waals surface area contributed by atoms with Crippen LogP contribution in [-0.4, -0.2) is 21.9 Å². The van der Waals surface area contributed by atoms with Crippen LogP contribution in [0.3, 0.4) is 0 Å². The van der Waals surface area contributed by atoms with Crippen LogP contribution in [-0.2, 0) is 6.42 Å². The van der Waals surface area contributed by atoms with Gasteiger partial charge in [-0.2, -0.15) is 0 Å². The molecule has 1 fully saturated rings. The van der Waals surface area contributed by atoms with Crippen LogP contribution in [0, 0.1) is 5.92 Å². The fourth-order valence-corrected chi connectivity index (χ4v) is 2.71. The summed E-state index contributed by atoms with van der Waals surface area (Å²) in [6.07, 6.45) is 7.40. The zero-order valence-electron chi connectivity index (χ0n) is 10.3. The van der Waals surface area contributed by atoms with Crippen molar-refractivity contribution in [2.75, 3.05) is 11.9 Å². The van der Waals surface area contributed by atoms with Crippen LogP contribution in [0.25, 0.3) is 0 Å². The molecule has 1 saturated carbocycles. The monoisotopic (exact) mass is 253 g/mol. The molecule has 3 nitrogen and oxygen atoms in total. The van der Waals surface area contributed by atoms with Gasteiger partial charge in [0.1, 0.15) is 12.1 Å². The molecule has 2 atom stereocenters. The molecule has 2 unspecified atom stereocenters. The zero-order valence-corrected chi connectivity index (χ0v) is 11.1. The number of hydrogen-bond donors (Lipinski definition) is 1. The van der Waals surface area contributed by atoms with E-state index in [1.54, 1.807) is 6.33 Å². The summed E-state index contributed by atoms with van der Waals surface area (Å²) in [6.45, 7) is 3.09. The summed E-state index contributed by atoms with van der Waals surface area (Å²) in [7, 11) is 0. The van der Waals surface area contributed by atoms with Crippen molar-refractivity contribution in [3.05, 3.63) is 18.1 Å². The highest BCUT2D eigenvalue weighted by molar-refractivity contribution is 6.20. The molecule has 2 rings (SSSR count). The van der Waals surface area contributed by atoms with E-state index < -0.39 is 0 Å². The van der Waals surface area contributed by atoms with E-state index in [2.05, 4.69) is 22.2 Å². The Morgan fingerprint density at radius 1 is 1.41 bits per heavy atom. The predicted octanol–water partition coefficient (Wildman–Crippen LogP) is 3.25. The highest BCUT2D eigenvalue weighted by Gasteiger charge is 2.24. The third kappa shape index (κ3) is 3.56. The molecule has 0 amide bonds. The molecule has 17 heavy (non-hydrogen) atoms. The normalized spacial score (nSPS) is 23.9. The molecule has 94 valence electrons. The second-order valence-electron chi connectivity index (χ2n) is 4.73. The van der Waals surface area contributed by atoms with Gasteiger partial charge in [0.2, 0.25) is 0 Å². The molecule has 4 heteroatoms. The van der Waals surface area contributed by atoms with E-state index in [9.17, 15) is 0 Å². The summed E-state index contributed by atoms with van der Waals surface area (Å²) >= 11 is 6.25. The van der Waals surface area contributed by atoms with Gasteiger partial charge < -0.3 is 5.32 Å². The van der Waals surface area contributed by atoms with E-state index in [0.717, 1.165) is 37.3 Å². The third-order valence-corrected chi connectivity index (χ3v) is 3.92. The minimum Gasteiger partial charge on any atom is -0.370 e. The Hall–Kier alpha value is -0.830. The lowest BCUT2D eigenvalue weighted by atomic mass is 10.1. The van der Waals surface area contributed by atoms with Gasteiger partial charge in [0, 0.05) is 23.7 Å². The number of anilines is 1. The van der Waals surface area contributed by atoms with Crippen LogP contribution in [0.2, 0.25) is 0 Å². The number of nitrogens with zero attached hydrogens (tertiary/aromatic N) is 2. The van der Waals surface area contributed by atoms with Crippen molar-refractivity contribution >= 4 is 17.4 Å². The molecule has 0 saturated heterocycles. The number of nitrogens with one attached hydrogen (secondary N) is 1. The summed E-state index contributed by atoms with van der Waals surface area (Å²) in [5.74, 6) is 1.51. The Bertz CT molecular complexity index is 356. The second-order valence-corrected chi connectivity index (χ2v) is 5.29. The summed E-state index contributed by atoms with van der Waals surface area (Å²) in [6, 6.07) is 2.04. The molecule has 0 radical (unpaired) electrons. The third-order valence-electron chi connectivity index (χ3n) is 3.34. The Kier molecular flexibility index (Phi) is 4.60. The molecule has 0 aromatic carbocycles. The number of aryl methyl sites for hydroxylation is 1. The van der Waals surface area contributed by atoms with Crippen molar-refractivity contribution in [1.29, 1.82) is 0 Å². The van der Waals surface area contributed by atoms with Crippen LogP contribution >= 0.6 is 11.6 Å². The van der Waals surface area contributed by atoms with Gasteiger partial charge in [-0.3, -0.25) is 0 Å². The van der Waals surface area contributed by atoms with Gasteiger partial charge in [-0.1, -0.05) is 19.8 Å². The van der Waals surface area contributed by atoms with Gasteiger partial charge in [-0.25, -0.2) is 9.97 Å². The first-order valence-electron chi connectivity index (χ1n) is 6.48. The highest BCUT2D eigenvalue weighted by atomic mass is 35.5. The van der Waals surface area contributed by atoms with Crippen molar-refractivity contribution in [1.82, 2.24) is 9.97 Å². The number of aromatic nitrogens is 2. The van der Waals surface area contributed by atoms with Crippen molar-refractivity contribution in [2.24, 2.45) is 5.92 Å². The lowest BCUT2D eigenvalue weighted by Crippen LogP contribution is -2.19. The second kappa shape index (κ2) is 6.20. The number of alkyl halides is 1. The van der Waals surface area contributed by atoms with E-state index in [0.29, 0.717) is 11.3 Å². The molecule has 1 aliphatic rings. The SMILES string of the molecule is CCCc1cc(NCC2CCCC2Cl)ncn1. The van der Waals surface area contributed by atoms with E-state index in [-0.39, 0.29) is 0 Å². The standard InChI is InChI=1S/C13H20ClN3/c1-2-4-11-7-13(17-9-16-11)15-8-10-5-3-6-12(10)14/h7,9-10,12H,2-6,8H2,1H3,(H,15,16,17). The quantitative estimate of drug-likeness (QED) is 0.819. The van der Waals surface area contributed by atoms with Gasteiger partial charge >= 0.3 is 0 Å². The van der Waals surface area contributed by atoms with E-state index in [1.165, 1.54) is 12.8 Å². The maximum atomic E-state index is 6.25. The minimum absolute atomic E-state index is 0.333. The van der Waals surface area contributed by atoms with Crippen LogP contribution in [0.4, 0.5) is 5.82 Å². The van der Waals surface area contributed by atoms with Gasteiger partial charge in [-0.15, -0.1) is 11.6 Å². The largest absolute Gasteiger partial charge is 0.370 e. The van der Waals surface area contributed by atoms with E-state index in [4.69, 9.17) is 11.6 Å². The summed E-state index contributed by atoms with van der Waals surface area (Å²) in [5.41, 5.74) is 1.11. The maximum Gasteiger partial charge on any atom is 0.129 e. The van der Waals surface area contributed by atoms with Crippen LogP contribution in [0.15, 0.2) is 12.4 Å². The molecule has 1 N–H and O–H groups in total. The fourth-order valence-electron chi connectivity index (χ4n) is 2.34. The average molecular weight is 254 g/mol. The highest BCUT2D eigenvalue weighted by Crippen LogP contribution is 2.30. The molecule has 0 bridgehead atoms. The zero-order chi connectivity index (χ0) is 12.1. The number of rotatable bonds is 5. The van der Waals surface area contributed by atoms with Crippen molar-refractivity contribution in [3.8, 4) is 0 Å². The number of halogens is 1. The first-order chi connectivity index (χ1) is 8.29. The van der Waals surface area contributed by atoms with E-state index >= 15 is 0 Å². The lowest BCUT2D eigenvalue weighted by Gasteiger charge is -2.14. The van der Waals surface area contributed by atoms with Gasteiger partial charge in [0.15, 0.2) is 0 Å². The Balaban J connectivity index is 1.87. The molecular weight excluding hydrogens is 234 g/mol. The first kappa shape index (κ1) is 12.6. The van der Waals surface area contributed by atoms with E-state index in [1.807, 2.05) is 6.07 Å². The number of hydrogen-bond acceptors (Lipinski definition) is 3. The van der Waals surface area contributed by atoms with Crippen LogP contribution in [0.5, 0.6) is 0 Å². The Morgan fingerprint density at radius 2 is 2.29 bits per heavy atom. The van der Waals surface area contributed by atoms with Crippen molar-refractivity contribution in [3.63, 3.8) is 0 Å². The topological polar surface area (TPSA) is 37.8 Å². The summed E-state index contributed by atoms with van der Waals surface area (Å²) in [5, 5.41) is 3.71.